The van der Waals surface area contributed by atoms with Gasteiger partial charge < -0.3 is 9.88 Å². The summed E-state index contributed by atoms with van der Waals surface area (Å²) in [4.78, 5) is 17.1. The van der Waals surface area contributed by atoms with Crippen molar-refractivity contribution in [2.45, 2.75) is 25.5 Å². The number of benzene rings is 2. The average molecular weight is 423 g/mol. The largest absolute Gasteiger partial charge is 0.309 e. The Morgan fingerprint density at radius 1 is 1.07 bits per heavy atom. The van der Waals surface area contributed by atoms with E-state index in [1.54, 1.807) is 35.0 Å². The van der Waals surface area contributed by atoms with Crippen molar-refractivity contribution >= 4 is 32.6 Å². The van der Waals surface area contributed by atoms with Gasteiger partial charge in [0.05, 0.1) is 22.4 Å². The van der Waals surface area contributed by atoms with Crippen molar-refractivity contribution in [2.75, 3.05) is 11.6 Å². The Balaban J connectivity index is 1.67. The first kappa shape index (κ1) is 19.8. The number of anilines is 1. The van der Waals surface area contributed by atoms with E-state index in [-0.39, 0.29) is 17.6 Å². The fourth-order valence-electron chi connectivity index (χ4n) is 3.29. The molecule has 0 radical (unpaired) electrons. The molecule has 0 saturated carbocycles. The van der Waals surface area contributed by atoms with E-state index >= 15 is 0 Å². The van der Waals surface area contributed by atoms with Crippen LogP contribution in [0.1, 0.15) is 11.3 Å². The maximum absolute atomic E-state index is 12.9. The van der Waals surface area contributed by atoms with Gasteiger partial charge in [-0.1, -0.05) is 29.8 Å². The summed E-state index contributed by atoms with van der Waals surface area (Å²) in [5, 5.41) is 7.16. The Morgan fingerprint density at radius 2 is 1.77 bits per heavy atom. The second-order valence-electron chi connectivity index (χ2n) is 7.21. The first-order chi connectivity index (χ1) is 14.2. The summed E-state index contributed by atoms with van der Waals surface area (Å²) < 4.78 is 27.5. The third kappa shape index (κ3) is 3.84. The van der Waals surface area contributed by atoms with Gasteiger partial charge in [0.15, 0.2) is 0 Å². The maximum Gasteiger partial charge on any atom is 0.245 e. The second-order valence-corrected chi connectivity index (χ2v) is 9.12. The van der Waals surface area contributed by atoms with Crippen LogP contribution in [-0.4, -0.2) is 39.9 Å². The number of amides is 1. The molecule has 0 aliphatic heterocycles. The van der Waals surface area contributed by atoms with E-state index in [1.807, 2.05) is 38.1 Å². The molecule has 0 saturated heterocycles. The Bertz CT molecular complexity index is 1350. The molecule has 0 aliphatic carbocycles. The maximum atomic E-state index is 12.9. The lowest BCUT2D eigenvalue weighted by atomic mass is 10.2. The van der Waals surface area contributed by atoms with E-state index in [1.165, 1.54) is 4.57 Å². The minimum Gasteiger partial charge on any atom is -0.309 e. The third-order valence-electron chi connectivity index (χ3n) is 4.63. The number of carbonyl (C=O) groups excluding carboxylic acids is 1. The number of sulfone groups is 1. The van der Waals surface area contributed by atoms with Crippen molar-refractivity contribution in [3.8, 4) is 5.69 Å². The standard InChI is InChI=1S/C21H21N5O3S/c1-14-8-10-16(11-9-14)26-19(12-15(2)24-26)23-20(27)13-25-18-7-5-4-6-17(18)22-21(25)30(3,28)29/h4-12H,13H2,1-3H3,(H,23,27). The topological polar surface area (TPSA) is 98.9 Å². The molecular weight excluding hydrogens is 402 g/mol. The van der Waals surface area contributed by atoms with Crippen molar-refractivity contribution in [1.82, 2.24) is 19.3 Å². The van der Waals surface area contributed by atoms with E-state index < -0.39 is 9.84 Å². The Labute approximate surface area is 174 Å². The number of nitrogens with zero attached hydrogens (tertiary/aromatic N) is 4. The van der Waals surface area contributed by atoms with Gasteiger partial charge in [-0.3, -0.25) is 4.79 Å². The molecule has 0 unspecified atom stereocenters. The SMILES string of the molecule is Cc1ccc(-n2nc(C)cc2NC(=O)Cn2c(S(C)(=O)=O)nc3ccccc32)cc1. The zero-order valence-electron chi connectivity index (χ0n) is 16.8. The molecule has 0 bridgehead atoms. The predicted octanol–water partition coefficient (Wildman–Crippen LogP) is 2.88. The molecule has 1 N–H and O–H groups in total. The van der Waals surface area contributed by atoms with Crippen LogP contribution in [0.3, 0.4) is 0 Å². The van der Waals surface area contributed by atoms with E-state index in [0.29, 0.717) is 16.9 Å². The van der Waals surface area contributed by atoms with Crippen LogP contribution >= 0.6 is 0 Å². The molecule has 4 rings (SSSR count). The second kappa shape index (κ2) is 7.42. The minimum absolute atomic E-state index is 0.137. The highest BCUT2D eigenvalue weighted by molar-refractivity contribution is 7.90. The molecule has 2 aromatic carbocycles. The van der Waals surface area contributed by atoms with Crippen LogP contribution in [0, 0.1) is 13.8 Å². The predicted molar refractivity (Wildman–Crippen MR) is 115 cm³/mol. The van der Waals surface area contributed by atoms with Crippen LogP contribution in [0.4, 0.5) is 5.82 Å². The number of aromatic nitrogens is 4. The van der Waals surface area contributed by atoms with Crippen molar-refractivity contribution in [3.05, 3.63) is 65.9 Å². The molecular formula is C21H21N5O3S. The van der Waals surface area contributed by atoms with E-state index in [0.717, 1.165) is 23.2 Å². The molecule has 154 valence electrons. The smallest absolute Gasteiger partial charge is 0.245 e. The minimum atomic E-state index is -3.61. The summed E-state index contributed by atoms with van der Waals surface area (Å²) in [6, 6.07) is 16.5. The van der Waals surface area contributed by atoms with Gasteiger partial charge in [0, 0.05) is 12.3 Å². The normalized spacial score (nSPS) is 11.7. The quantitative estimate of drug-likeness (QED) is 0.532. The number of hydrogen-bond acceptors (Lipinski definition) is 5. The van der Waals surface area contributed by atoms with Crippen LogP contribution in [0.5, 0.6) is 0 Å². The zero-order chi connectivity index (χ0) is 21.5. The van der Waals surface area contributed by atoms with Gasteiger partial charge in [-0.15, -0.1) is 0 Å². The summed E-state index contributed by atoms with van der Waals surface area (Å²) >= 11 is 0. The van der Waals surface area contributed by atoms with Crippen LogP contribution in [-0.2, 0) is 21.2 Å². The molecule has 9 heteroatoms. The summed E-state index contributed by atoms with van der Waals surface area (Å²) in [7, 11) is -3.61. The molecule has 0 fully saturated rings. The molecule has 1 amide bonds. The van der Waals surface area contributed by atoms with Gasteiger partial charge in [0.25, 0.3) is 0 Å². The summed E-state index contributed by atoms with van der Waals surface area (Å²) in [6.07, 6.45) is 1.08. The lowest BCUT2D eigenvalue weighted by Gasteiger charge is -2.11. The first-order valence-electron chi connectivity index (χ1n) is 9.31. The van der Waals surface area contributed by atoms with Gasteiger partial charge in [-0.05, 0) is 38.1 Å². The summed E-state index contributed by atoms with van der Waals surface area (Å²) in [5.41, 5.74) is 3.78. The van der Waals surface area contributed by atoms with Crippen molar-refractivity contribution in [2.24, 2.45) is 0 Å². The number of imidazole rings is 1. The van der Waals surface area contributed by atoms with Gasteiger partial charge in [-0.2, -0.15) is 5.10 Å². The molecule has 8 nitrogen and oxygen atoms in total. The summed E-state index contributed by atoms with van der Waals surface area (Å²) in [6.45, 7) is 3.64. The molecule has 0 aliphatic rings. The molecule has 4 aromatic rings. The number of para-hydroxylation sites is 2. The highest BCUT2D eigenvalue weighted by Gasteiger charge is 2.21. The highest BCUT2D eigenvalue weighted by Crippen LogP contribution is 2.21. The van der Waals surface area contributed by atoms with Gasteiger partial charge in [0.2, 0.25) is 20.9 Å². The average Bonchev–Trinajstić information content (AvgIpc) is 3.23. The van der Waals surface area contributed by atoms with Gasteiger partial charge >= 0.3 is 0 Å². The Hall–Kier alpha value is -3.46. The molecule has 30 heavy (non-hydrogen) atoms. The highest BCUT2D eigenvalue weighted by atomic mass is 32.2. The molecule has 0 spiro atoms. The van der Waals surface area contributed by atoms with E-state index in [9.17, 15) is 13.2 Å². The summed E-state index contributed by atoms with van der Waals surface area (Å²) in [5.74, 6) is 0.128. The van der Waals surface area contributed by atoms with Crippen LogP contribution in [0.15, 0.2) is 59.8 Å². The number of aryl methyl sites for hydroxylation is 2. The van der Waals surface area contributed by atoms with E-state index in [2.05, 4.69) is 15.4 Å². The number of carbonyl (C=O) groups is 1. The van der Waals surface area contributed by atoms with Gasteiger partial charge in [0.1, 0.15) is 12.4 Å². The van der Waals surface area contributed by atoms with Crippen LogP contribution < -0.4 is 5.32 Å². The van der Waals surface area contributed by atoms with Crippen LogP contribution in [0.25, 0.3) is 16.7 Å². The molecule has 0 atom stereocenters. The monoisotopic (exact) mass is 423 g/mol. The molecule has 2 heterocycles. The number of fused-ring (bicyclic) bond motifs is 1. The van der Waals surface area contributed by atoms with Crippen molar-refractivity contribution in [1.29, 1.82) is 0 Å². The number of nitrogens with one attached hydrogen (secondary N) is 1. The lowest BCUT2D eigenvalue weighted by molar-refractivity contribution is -0.116. The fraction of sp³-hybridized carbons (Fsp3) is 0.190. The van der Waals surface area contributed by atoms with Crippen LogP contribution in [0.2, 0.25) is 0 Å². The lowest BCUT2D eigenvalue weighted by Crippen LogP contribution is -2.22. The fourth-order valence-corrected chi connectivity index (χ4v) is 4.11. The molecule has 2 aromatic heterocycles. The third-order valence-corrected chi connectivity index (χ3v) is 5.61. The number of hydrogen-bond donors (Lipinski definition) is 1. The number of rotatable bonds is 5. The van der Waals surface area contributed by atoms with Crippen molar-refractivity contribution < 1.29 is 13.2 Å². The zero-order valence-corrected chi connectivity index (χ0v) is 17.6. The van der Waals surface area contributed by atoms with Crippen molar-refractivity contribution in [3.63, 3.8) is 0 Å². The van der Waals surface area contributed by atoms with E-state index in [4.69, 9.17) is 0 Å². The Morgan fingerprint density at radius 3 is 2.47 bits per heavy atom. The van der Waals surface area contributed by atoms with Gasteiger partial charge in [-0.25, -0.2) is 18.1 Å². The first-order valence-corrected chi connectivity index (χ1v) is 11.2. The Kier molecular flexibility index (Phi) is 4.90.